The maximum Gasteiger partial charge on any atom is 0.343 e. The van der Waals surface area contributed by atoms with E-state index >= 15 is 0 Å². The summed E-state index contributed by atoms with van der Waals surface area (Å²) in [6.07, 6.45) is 1.62. The highest BCUT2D eigenvalue weighted by atomic mass is 32.2. The van der Waals surface area contributed by atoms with E-state index in [9.17, 15) is 4.79 Å². The Hall–Kier alpha value is -2.29. The molecule has 0 aliphatic carbocycles. The van der Waals surface area contributed by atoms with Gasteiger partial charge in [0.15, 0.2) is 11.0 Å². The van der Waals surface area contributed by atoms with Crippen LogP contribution in [0.15, 0.2) is 32.4 Å². The number of aromatic nitrogens is 4. The molecule has 0 fully saturated rings. The number of nitrogens with one attached hydrogen (secondary N) is 1. The number of aryl methyl sites for hydroxylation is 1. The van der Waals surface area contributed by atoms with Crippen LogP contribution < -0.4 is 11.4 Å². The Morgan fingerprint density at radius 3 is 3.05 bits per heavy atom. The Morgan fingerprint density at radius 2 is 2.40 bits per heavy atom. The molecule has 0 bridgehead atoms. The van der Waals surface area contributed by atoms with Crippen molar-refractivity contribution in [3.63, 3.8) is 0 Å². The summed E-state index contributed by atoms with van der Waals surface area (Å²) in [5, 5.41) is 19.2. The molecule has 2 heterocycles. The topological polar surface area (TPSA) is 122 Å². The minimum atomic E-state index is -0.284. The average molecular weight is 294 g/mol. The lowest BCUT2D eigenvalue weighted by Gasteiger charge is -2.09. The highest BCUT2D eigenvalue weighted by Crippen LogP contribution is 2.27. The minimum Gasteiger partial charge on any atom is -0.409 e. The van der Waals surface area contributed by atoms with Crippen LogP contribution in [0.2, 0.25) is 0 Å². The van der Waals surface area contributed by atoms with Crippen molar-refractivity contribution in [2.45, 2.75) is 30.6 Å². The van der Waals surface area contributed by atoms with E-state index in [0.29, 0.717) is 22.3 Å². The average Bonchev–Trinajstić information content (AvgIpc) is 2.78. The molecule has 0 radical (unpaired) electrons. The van der Waals surface area contributed by atoms with Crippen LogP contribution in [0.3, 0.4) is 0 Å². The standard InChI is InChI=1S/C11H14N6O2S/c1-3-17-10(18)14-15-11(17)20-9-7(8(12)16-19)6(2)4-5-13-9/h4-5,19H,3H2,1-2H3,(H2,12,16)(H,14,18). The molecule has 0 saturated carbocycles. The number of nitrogens with zero attached hydrogens (tertiary/aromatic N) is 4. The highest BCUT2D eigenvalue weighted by molar-refractivity contribution is 7.99. The zero-order chi connectivity index (χ0) is 14.7. The number of amidine groups is 1. The number of hydrogen-bond donors (Lipinski definition) is 3. The van der Waals surface area contributed by atoms with Crippen molar-refractivity contribution in [2.75, 3.05) is 0 Å². The van der Waals surface area contributed by atoms with Crippen molar-refractivity contribution >= 4 is 17.6 Å². The molecule has 2 aromatic heterocycles. The van der Waals surface area contributed by atoms with Gasteiger partial charge in [-0.15, -0.1) is 5.10 Å². The van der Waals surface area contributed by atoms with E-state index in [-0.39, 0.29) is 11.5 Å². The lowest BCUT2D eigenvalue weighted by atomic mass is 10.1. The third kappa shape index (κ3) is 2.52. The quantitative estimate of drug-likeness (QED) is 0.327. The maximum absolute atomic E-state index is 11.5. The van der Waals surface area contributed by atoms with Crippen LogP contribution in [-0.4, -0.2) is 30.8 Å². The van der Waals surface area contributed by atoms with E-state index in [1.165, 1.54) is 16.3 Å². The highest BCUT2D eigenvalue weighted by Gasteiger charge is 2.16. The van der Waals surface area contributed by atoms with Gasteiger partial charge in [-0.05, 0) is 37.2 Å². The van der Waals surface area contributed by atoms with Crippen LogP contribution >= 0.6 is 11.8 Å². The Balaban J connectivity index is 2.49. The Labute approximate surface area is 118 Å². The van der Waals surface area contributed by atoms with Gasteiger partial charge >= 0.3 is 5.69 Å². The third-order valence-electron chi connectivity index (χ3n) is 2.72. The summed E-state index contributed by atoms with van der Waals surface area (Å²) in [6, 6.07) is 1.76. The first kappa shape index (κ1) is 14.1. The molecule has 9 heteroatoms. The van der Waals surface area contributed by atoms with E-state index < -0.39 is 0 Å². The summed E-state index contributed by atoms with van der Waals surface area (Å²) in [7, 11) is 0. The van der Waals surface area contributed by atoms with Crippen molar-refractivity contribution in [1.29, 1.82) is 0 Å². The molecule has 0 aliphatic rings. The number of hydrogen-bond acceptors (Lipinski definition) is 6. The van der Waals surface area contributed by atoms with Crippen molar-refractivity contribution in [3.05, 3.63) is 33.9 Å². The Kier molecular flexibility index (Phi) is 4.08. The molecule has 106 valence electrons. The van der Waals surface area contributed by atoms with Gasteiger partial charge in [-0.3, -0.25) is 4.57 Å². The van der Waals surface area contributed by atoms with Crippen molar-refractivity contribution in [1.82, 2.24) is 19.7 Å². The van der Waals surface area contributed by atoms with Crippen LogP contribution in [0.5, 0.6) is 0 Å². The van der Waals surface area contributed by atoms with Crippen molar-refractivity contribution < 1.29 is 5.21 Å². The van der Waals surface area contributed by atoms with Gasteiger partial charge in [0, 0.05) is 12.7 Å². The summed E-state index contributed by atoms with van der Waals surface area (Å²) >= 11 is 1.18. The third-order valence-corrected chi connectivity index (χ3v) is 3.71. The van der Waals surface area contributed by atoms with E-state index in [1.54, 1.807) is 12.3 Å². The molecule has 0 spiro atoms. The molecule has 0 amide bonds. The second-order valence-corrected chi connectivity index (χ2v) is 4.91. The number of pyridine rings is 1. The molecule has 20 heavy (non-hydrogen) atoms. The Morgan fingerprint density at radius 1 is 1.65 bits per heavy atom. The van der Waals surface area contributed by atoms with Gasteiger partial charge in [-0.2, -0.15) is 0 Å². The number of rotatable bonds is 4. The molecule has 2 aromatic rings. The first-order valence-corrected chi connectivity index (χ1v) is 6.66. The van der Waals surface area contributed by atoms with E-state index in [4.69, 9.17) is 10.9 Å². The summed E-state index contributed by atoms with van der Waals surface area (Å²) in [6.45, 7) is 4.16. The van der Waals surface area contributed by atoms with Gasteiger partial charge in [0.2, 0.25) is 0 Å². The van der Waals surface area contributed by atoms with Gasteiger partial charge in [-0.25, -0.2) is 14.9 Å². The maximum atomic E-state index is 11.5. The molecule has 0 unspecified atom stereocenters. The molecule has 4 N–H and O–H groups in total. The van der Waals surface area contributed by atoms with E-state index in [0.717, 1.165) is 5.56 Å². The van der Waals surface area contributed by atoms with Crippen LogP contribution in [0, 0.1) is 6.92 Å². The van der Waals surface area contributed by atoms with E-state index in [2.05, 4.69) is 20.3 Å². The molecular formula is C11H14N6O2S. The fourth-order valence-corrected chi connectivity index (χ4v) is 2.79. The Bertz CT molecular complexity index is 705. The normalized spacial score (nSPS) is 11.8. The first-order valence-electron chi connectivity index (χ1n) is 5.85. The van der Waals surface area contributed by atoms with Gasteiger partial charge in [0.25, 0.3) is 0 Å². The molecule has 0 aliphatic heterocycles. The lowest BCUT2D eigenvalue weighted by Crippen LogP contribution is -2.18. The number of oxime groups is 1. The zero-order valence-electron chi connectivity index (χ0n) is 11.0. The lowest BCUT2D eigenvalue weighted by molar-refractivity contribution is 0.318. The largest absolute Gasteiger partial charge is 0.409 e. The summed E-state index contributed by atoms with van der Waals surface area (Å²) in [4.78, 5) is 15.7. The molecule has 0 atom stereocenters. The monoisotopic (exact) mass is 294 g/mol. The minimum absolute atomic E-state index is 0.0287. The molecule has 8 nitrogen and oxygen atoms in total. The van der Waals surface area contributed by atoms with Gasteiger partial charge in [0.1, 0.15) is 5.03 Å². The SMILES string of the molecule is CCn1c(Sc2nccc(C)c2/C(N)=N/O)n[nH]c1=O. The van der Waals surface area contributed by atoms with Gasteiger partial charge in [0.05, 0.1) is 5.56 Å². The van der Waals surface area contributed by atoms with E-state index in [1.807, 2.05) is 13.8 Å². The van der Waals surface area contributed by atoms with Crippen LogP contribution in [0.1, 0.15) is 18.1 Å². The van der Waals surface area contributed by atoms with Crippen molar-refractivity contribution in [3.8, 4) is 0 Å². The number of nitrogens with two attached hydrogens (primary N) is 1. The molecule has 0 aromatic carbocycles. The second-order valence-electron chi connectivity index (χ2n) is 3.95. The summed E-state index contributed by atoms with van der Waals surface area (Å²) in [5.74, 6) is -0.0287. The van der Waals surface area contributed by atoms with Crippen LogP contribution in [0.4, 0.5) is 0 Å². The zero-order valence-corrected chi connectivity index (χ0v) is 11.8. The van der Waals surface area contributed by atoms with Crippen LogP contribution in [-0.2, 0) is 6.54 Å². The molecule has 0 saturated heterocycles. The number of aromatic amines is 1. The predicted octanol–water partition coefficient (Wildman–Crippen LogP) is 0.540. The van der Waals surface area contributed by atoms with Gasteiger partial charge < -0.3 is 10.9 Å². The smallest absolute Gasteiger partial charge is 0.343 e. The molecule has 2 rings (SSSR count). The summed E-state index contributed by atoms with van der Waals surface area (Å²) < 4.78 is 1.48. The second kappa shape index (κ2) is 5.78. The first-order chi connectivity index (χ1) is 9.58. The number of H-pyrrole nitrogens is 1. The predicted molar refractivity (Wildman–Crippen MR) is 74.1 cm³/mol. The van der Waals surface area contributed by atoms with Crippen molar-refractivity contribution in [2.24, 2.45) is 10.9 Å². The molecular weight excluding hydrogens is 280 g/mol. The van der Waals surface area contributed by atoms with Crippen LogP contribution in [0.25, 0.3) is 0 Å². The fraction of sp³-hybridized carbons (Fsp3) is 0.273. The fourth-order valence-electron chi connectivity index (χ4n) is 1.72. The van der Waals surface area contributed by atoms with Gasteiger partial charge in [-0.1, -0.05) is 5.16 Å². The summed E-state index contributed by atoms with van der Waals surface area (Å²) in [5.41, 5.74) is 6.74.